The molecule has 2 aliphatic heterocycles. The number of carbonyl (C=O) groups is 1. The van der Waals surface area contributed by atoms with Crippen molar-refractivity contribution < 1.29 is 13.9 Å². The zero-order valence-electron chi connectivity index (χ0n) is 21.0. The van der Waals surface area contributed by atoms with E-state index in [2.05, 4.69) is 34.9 Å². The molecule has 7 nitrogen and oxygen atoms in total. The highest BCUT2D eigenvalue weighted by Crippen LogP contribution is 2.49. The molecule has 0 spiro atoms. The Bertz CT molecular complexity index is 1250. The average molecular weight is 502 g/mol. The summed E-state index contributed by atoms with van der Waals surface area (Å²) in [4.78, 5) is 19.5. The van der Waals surface area contributed by atoms with Gasteiger partial charge in [0.2, 0.25) is 0 Å². The fourth-order valence-electron chi connectivity index (χ4n) is 6.09. The number of hydrazine groups is 1. The van der Waals surface area contributed by atoms with Gasteiger partial charge < -0.3 is 20.4 Å². The molecule has 2 N–H and O–H groups in total. The van der Waals surface area contributed by atoms with E-state index in [1.54, 1.807) is 18.3 Å². The number of carbonyl (C=O) groups excluding carboxylic acids is 1. The monoisotopic (exact) mass is 501 g/mol. The molecule has 3 atom stereocenters. The number of hydrogen-bond donors (Lipinski definition) is 2. The molecule has 2 amide bonds. The topological polar surface area (TPSA) is 69.7 Å². The zero-order chi connectivity index (χ0) is 25.4. The third-order valence-corrected chi connectivity index (χ3v) is 7.95. The number of aromatic nitrogens is 1. The number of fused-ring (bicyclic) bond motifs is 1. The Labute approximate surface area is 216 Å². The van der Waals surface area contributed by atoms with E-state index in [1.165, 1.54) is 28.9 Å². The number of morpholine rings is 1. The third-order valence-electron chi connectivity index (χ3n) is 7.95. The van der Waals surface area contributed by atoms with Crippen LogP contribution in [0.3, 0.4) is 0 Å². The lowest BCUT2D eigenvalue weighted by Crippen LogP contribution is -2.47. The number of nitrogens with zero attached hydrogens (tertiary/aromatic N) is 3. The van der Waals surface area contributed by atoms with Crippen LogP contribution in [0, 0.1) is 17.7 Å². The summed E-state index contributed by atoms with van der Waals surface area (Å²) in [5.41, 5.74) is 10.4. The maximum atomic E-state index is 13.5. The molecule has 2 aliphatic carbocycles. The minimum atomic E-state index is -0.242. The highest BCUT2D eigenvalue weighted by molar-refractivity contribution is 5.74. The molecule has 1 fully saturated rings. The van der Waals surface area contributed by atoms with Gasteiger partial charge in [0.25, 0.3) is 0 Å². The molecule has 2 aromatic rings. The van der Waals surface area contributed by atoms with Crippen LogP contribution in [0.2, 0.25) is 0 Å². The molecule has 0 bridgehead atoms. The molecule has 37 heavy (non-hydrogen) atoms. The number of amides is 2. The van der Waals surface area contributed by atoms with Crippen molar-refractivity contribution in [1.82, 2.24) is 20.6 Å². The number of allylic oxidation sites excluding steroid dienone is 4. The van der Waals surface area contributed by atoms with E-state index in [4.69, 9.17) is 4.74 Å². The zero-order valence-corrected chi connectivity index (χ0v) is 21.0. The molecule has 0 radical (unpaired) electrons. The van der Waals surface area contributed by atoms with E-state index < -0.39 is 0 Å². The van der Waals surface area contributed by atoms with E-state index in [0.717, 1.165) is 36.3 Å². The molecule has 6 rings (SSSR count). The summed E-state index contributed by atoms with van der Waals surface area (Å²) >= 11 is 0. The second-order valence-electron chi connectivity index (χ2n) is 10.1. The fourth-order valence-corrected chi connectivity index (χ4v) is 6.09. The number of pyridine rings is 1. The number of hydrogen-bond acceptors (Lipinski definition) is 5. The van der Waals surface area contributed by atoms with E-state index >= 15 is 0 Å². The minimum absolute atomic E-state index is 0.0531. The van der Waals surface area contributed by atoms with E-state index in [-0.39, 0.29) is 23.8 Å². The van der Waals surface area contributed by atoms with Crippen molar-refractivity contribution in [3.63, 3.8) is 0 Å². The Morgan fingerprint density at radius 3 is 2.78 bits per heavy atom. The summed E-state index contributed by atoms with van der Waals surface area (Å²) < 4.78 is 18.9. The predicted molar refractivity (Wildman–Crippen MR) is 140 cm³/mol. The summed E-state index contributed by atoms with van der Waals surface area (Å²) in [6, 6.07) is 12.2. The molecule has 3 heterocycles. The van der Waals surface area contributed by atoms with Crippen molar-refractivity contribution >= 4 is 11.7 Å². The van der Waals surface area contributed by atoms with Gasteiger partial charge in [-0.3, -0.25) is 9.99 Å². The lowest BCUT2D eigenvalue weighted by atomic mass is 9.78. The Hall–Kier alpha value is -3.65. The van der Waals surface area contributed by atoms with Gasteiger partial charge in [-0.1, -0.05) is 18.6 Å². The first-order valence-electron chi connectivity index (χ1n) is 13.1. The lowest BCUT2D eigenvalue weighted by Gasteiger charge is -2.32. The second-order valence-corrected chi connectivity index (χ2v) is 10.1. The van der Waals surface area contributed by atoms with Gasteiger partial charge in [0.15, 0.2) is 0 Å². The van der Waals surface area contributed by atoms with E-state index in [0.29, 0.717) is 32.2 Å². The summed E-state index contributed by atoms with van der Waals surface area (Å²) in [5.74, 6) is 0.356. The predicted octanol–water partition coefficient (Wildman–Crippen LogP) is 4.84. The van der Waals surface area contributed by atoms with Gasteiger partial charge in [-0.15, -0.1) is 0 Å². The molecular weight excluding hydrogens is 469 g/mol. The Morgan fingerprint density at radius 2 is 2.03 bits per heavy atom. The minimum Gasteiger partial charge on any atom is -0.378 e. The van der Waals surface area contributed by atoms with Crippen molar-refractivity contribution in [3.8, 4) is 0 Å². The SMILES string of the molecule is C[C@H]1C2=CNN(c3ccc(F)cc3)C2=CC2=C1[C@@H](CC(NC(=O)N1CCOCC1)c1ccccn1)CC2. The summed E-state index contributed by atoms with van der Waals surface area (Å²) in [6.45, 7) is 4.63. The summed E-state index contributed by atoms with van der Waals surface area (Å²) in [5, 5.41) is 5.31. The highest BCUT2D eigenvalue weighted by atomic mass is 19.1. The summed E-state index contributed by atoms with van der Waals surface area (Å²) in [6.07, 6.45) is 9.00. The summed E-state index contributed by atoms with van der Waals surface area (Å²) in [7, 11) is 0. The van der Waals surface area contributed by atoms with Gasteiger partial charge in [-0.2, -0.15) is 0 Å². The first-order chi connectivity index (χ1) is 18.1. The van der Waals surface area contributed by atoms with Crippen molar-refractivity contribution in [2.24, 2.45) is 11.8 Å². The van der Waals surface area contributed by atoms with Crippen LogP contribution in [0.25, 0.3) is 0 Å². The quantitative estimate of drug-likeness (QED) is 0.614. The molecule has 0 saturated carbocycles. The number of nitrogens with one attached hydrogen (secondary N) is 2. The van der Waals surface area contributed by atoms with Crippen LogP contribution in [0.1, 0.15) is 37.9 Å². The van der Waals surface area contributed by atoms with Gasteiger partial charge in [0.1, 0.15) is 5.82 Å². The molecule has 1 unspecified atom stereocenters. The highest BCUT2D eigenvalue weighted by Gasteiger charge is 2.39. The maximum absolute atomic E-state index is 13.5. The largest absolute Gasteiger partial charge is 0.378 e. The smallest absolute Gasteiger partial charge is 0.318 e. The normalized spacial score (nSPS) is 23.6. The Kier molecular flexibility index (Phi) is 6.42. The Balaban J connectivity index is 1.25. The number of ether oxygens (including phenoxy) is 1. The number of anilines is 1. The molecule has 8 heteroatoms. The van der Waals surface area contributed by atoms with Crippen molar-refractivity contribution in [2.45, 2.75) is 32.2 Å². The van der Waals surface area contributed by atoms with Crippen LogP contribution < -0.4 is 15.8 Å². The third kappa shape index (κ3) is 4.62. The van der Waals surface area contributed by atoms with Crippen LogP contribution in [-0.4, -0.2) is 42.2 Å². The molecule has 192 valence electrons. The first-order valence-corrected chi connectivity index (χ1v) is 13.1. The van der Waals surface area contributed by atoms with Gasteiger partial charge >= 0.3 is 6.03 Å². The number of benzene rings is 1. The van der Waals surface area contributed by atoms with Crippen LogP contribution in [0.4, 0.5) is 14.9 Å². The van der Waals surface area contributed by atoms with Crippen LogP contribution in [0.15, 0.2) is 83.4 Å². The van der Waals surface area contributed by atoms with Gasteiger partial charge in [0, 0.05) is 37.0 Å². The van der Waals surface area contributed by atoms with Gasteiger partial charge in [-0.05, 0) is 73.2 Å². The number of urea groups is 1. The van der Waals surface area contributed by atoms with Gasteiger partial charge in [0.05, 0.1) is 36.3 Å². The second kappa shape index (κ2) is 10.0. The molecule has 1 aromatic carbocycles. The van der Waals surface area contributed by atoms with E-state index in [9.17, 15) is 9.18 Å². The van der Waals surface area contributed by atoms with Gasteiger partial charge in [-0.25, -0.2) is 9.18 Å². The standard InChI is InChI=1S/C29H32FN5O2/c1-19-24-18-32-35(23-9-7-22(30)8-10-23)27(24)17-21-6-5-20(28(19)21)16-26(25-4-2-3-11-31-25)33-29(36)34-12-14-37-15-13-34/h2-4,7-11,17-20,26,32H,5-6,12-16H2,1H3,(H,33,36)/t19-,20+,26?/m0/s1. The number of halogens is 1. The molecular formula is C29H32FN5O2. The molecule has 1 saturated heterocycles. The Morgan fingerprint density at radius 1 is 1.22 bits per heavy atom. The maximum Gasteiger partial charge on any atom is 0.318 e. The lowest BCUT2D eigenvalue weighted by molar-refractivity contribution is 0.0522. The van der Waals surface area contributed by atoms with E-state index in [1.807, 2.05) is 28.1 Å². The number of rotatable bonds is 5. The fraction of sp³-hybridized carbons (Fsp3) is 0.379. The van der Waals surface area contributed by atoms with Crippen molar-refractivity contribution in [3.05, 3.63) is 94.9 Å². The average Bonchev–Trinajstić information content (AvgIpc) is 3.55. The first kappa shape index (κ1) is 23.7. The van der Waals surface area contributed by atoms with Crippen LogP contribution in [-0.2, 0) is 4.74 Å². The molecule has 1 aromatic heterocycles. The van der Waals surface area contributed by atoms with Crippen molar-refractivity contribution in [1.29, 1.82) is 0 Å². The van der Waals surface area contributed by atoms with Crippen LogP contribution in [0.5, 0.6) is 0 Å². The molecule has 4 aliphatic rings. The van der Waals surface area contributed by atoms with Crippen molar-refractivity contribution in [2.75, 3.05) is 31.3 Å². The van der Waals surface area contributed by atoms with Crippen LogP contribution >= 0.6 is 0 Å².